The molecule has 1 aromatic carbocycles. The summed E-state index contributed by atoms with van der Waals surface area (Å²) in [6.07, 6.45) is 9.51. The molecule has 0 aliphatic heterocycles. The van der Waals surface area contributed by atoms with Gasteiger partial charge in [0.2, 0.25) is 0 Å². The first-order chi connectivity index (χ1) is 22.4. The number of furan rings is 1. The SMILES string of the molecule is C=C(C)NC(=O)SC(C)(C)C.CC(C)(C)S.CCC1CCC(CNC(=O)c2ccc(Cc3cc4c(cc3C)C(C)(C)CCC4(C)C)o2)CC1. The van der Waals surface area contributed by atoms with E-state index in [9.17, 15) is 9.59 Å². The van der Waals surface area contributed by atoms with E-state index < -0.39 is 0 Å². The second kappa shape index (κ2) is 17.9. The van der Waals surface area contributed by atoms with Crippen LogP contribution in [0.25, 0.3) is 0 Å². The Bertz CT molecular complexity index is 1390. The average Bonchev–Trinajstić information content (AvgIpc) is 3.42. The lowest BCUT2D eigenvalue weighted by molar-refractivity contribution is 0.0911. The molecular weight excluding hydrogens is 645 g/mol. The van der Waals surface area contributed by atoms with E-state index in [-0.39, 0.29) is 31.5 Å². The highest BCUT2D eigenvalue weighted by Crippen LogP contribution is 2.46. The summed E-state index contributed by atoms with van der Waals surface area (Å²) in [6.45, 7) is 32.2. The third kappa shape index (κ3) is 15.3. The predicted octanol–water partition coefficient (Wildman–Crippen LogP) is 12.0. The number of aryl methyl sites for hydroxylation is 1. The lowest BCUT2D eigenvalue weighted by atomic mass is 9.62. The molecule has 4 rings (SSSR count). The fourth-order valence-corrected chi connectivity index (χ4v) is 7.17. The first-order valence-electron chi connectivity index (χ1n) is 18.3. The molecule has 7 heteroatoms. The number of allylic oxidation sites excluding steroid dienone is 1. The van der Waals surface area contributed by atoms with Crippen molar-refractivity contribution in [3.05, 3.63) is 70.3 Å². The molecule has 49 heavy (non-hydrogen) atoms. The minimum Gasteiger partial charge on any atom is -0.456 e. The molecule has 1 aromatic heterocycles. The third-order valence-electron chi connectivity index (χ3n) is 9.37. The van der Waals surface area contributed by atoms with Gasteiger partial charge in [0.05, 0.1) is 0 Å². The van der Waals surface area contributed by atoms with Crippen LogP contribution in [0.4, 0.5) is 4.79 Å². The molecule has 276 valence electrons. The topological polar surface area (TPSA) is 71.3 Å². The number of amides is 2. The van der Waals surface area contributed by atoms with Crippen molar-refractivity contribution < 1.29 is 14.0 Å². The zero-order valence-electron chi connectivity index (χ0n) is 33.1. The summed E-state index contributed by atoms with van der Waals surface area (Å²) in [7, 11) is 0. The molecule has 2 amide bonds. The number of hydrogen-bond donors (Lipinski definition) is 3. The lowest BCUT2D eigenvalue weighted by Crippen LogP contribution is -2.34. The van der Waals surface area contributed by atoms with Crippen LogP contribution in [0.1, 0.15) is 167 Å². The first-order valence-corrected chi connectivity index (χ1v) is 19.6. The van der Waals surface area contributed by atoms with Crippen LogP contribution in [-0.2, 0) is 17.3 Å². The van der Waals surface area contributed by atoms with Crippen LogP contribution in [0.15, 0.2) is 41.0 Å². The number of fused-ring (bicyclic) bond motifs is 1. The molecule has 0 spiro atoms. The van der Waals surface area contributed by atoms with E-state index in [0.717, 1.165) is 24.6 Å². The van der Waals surface area contributed by atoms with Crippen molar-refractivity contribution >= 4 is 35.5 Å². The molecule has 2 aromatic rings. The largest absolute Gasteiger partial charge is 0.456 e. The maximum atomic E-state index is 12.7. The van der Waals surface area contributed by atoms with Crippen LogP contribution in [0.3, 0.4) is 0 Å². The van der Waals surface area contributed by atoms with Crippen molar-refractivity contribution in [1.82, 2.24) is 10.6 Å². The van der Waals surface area contributed by atoms with Crippen LogP contribution < -0.4 is 10.6 Å². The number of benzene rings is 1. The van der Waals surface area contributed by atoms with Gasteiger partial charge in [0.15, 0.2) is 5.76 Å². The maximum Gasteiger partial charge on any atom is 0.287 e. The molecule has 5 nitrogen and oxygen atoms in total. The van der Waals surface area contributed by atoms with Crippen molar-refractivity contribution in [2.24, 2.45) is 11.8 Å². The number of carbonyl (C=O) groups excluding carboxylic acids is 2. The second-order valence-electron chi connectivity index (χ2n) is 17.6. The van der Waals surface area contributed by atoms with Gasteiger partial charge in [-0.15, -0.1) is 0 Å². The van der Waals surface area contributed by atoms with E-state index in [1.807, 2.05) is 32.9 Å². The number of carbonyl (C=O) groups is 2. The van der Waals surface area contributed by atoms with Crippen molar-refractivity contribution in [3.63, 3.8) is 0 Å². The predicted molar refractivity (Wildman–Crippen MR) is 215 cm³/mol. The fraction of sp³-hybridized carbons (Fsp3) is 0.667. The minimum absolute atomic E-state index is 0.0282. The Hall–Kier alpha value is -2.12. The zero-order valence-corrected chi connectivity index (χ0v) is 34.8. The molecule has 2 aliphatic carbocycles. The van der Waals surface area contributed by atoms with Crippen molar-refractivity contribution in [1.29, 1.82) is 0 Å². The zero-order chi connectivity index (χ0) is 37.4. The Morgan fingerprint density at radius 3 is 1.94 bits per heavy atom. The van der Waals surface area contributed by atoms with E-state index in [2.05, 4.69) is 104 Å². The molecule has 2 aliphatic rings. The Kier molecular flexibility index (Phi) is 15.7. The van der Waals surface area contributed by atoms with Gasteiger partial charge in [-0.3, -0.25) is 9.59 Å². The van der Waals surface area contributed by atoms with Crippen LogP contribution in [0, 0.1) is 18.8 Å². The molecule has 1 fully saturated rings. The fourth-order valence-electron chi connectivity index (χ4n) is 6.39. The summed E-state index contributed by atoms with van der Waals surface area (Å²) in [6, 6.07) is 8.60. The second-order valence-corrected chi connectivity index (χ2v) is 20.8. The minimum atomic E-state index is -0.0797. The first kappa shape index (κ1) is 43.0. The number of thiol groups is 1. The van der Waals surface area contributed by atoms with Crippen LogP contribution in [-0.4, -0.2) is 27.2 Å². The highest BCUT2D eigenvalue weighted by Gasteiger charge is 2.37. The monoisotopic (exact) mass is 712 g/mol. The van der Waals surface area contributed by atoms with Crippen LogP contribution >= 0.6 is 24.4 Å². The van der Waals surface area contributed by atoms with Gasteiger partial charge in [0, 0.05) is 28.2 Å². The smallest absolute Gasteiger partial charge is 0.287 e. The Labute approximate surface area is 309 Å². The molecule has 1 heterocycles. The van der Waals surface area contributed by atoms with Gasteiger partial charge < -0.3 is 15.1 Å². The third-order valence-corrected chi connectivity index (χ3v) is 10.3. The Morgan fingerprint density at radius 2 is 1.45 bits per heavy atom. The van der Waals surface area contributed by atoms with Gasteiger partial charge in [-0.2, -0.15) is 12.6 Å². The summed E-state index contributed by atoms with van der Waals surface area (Å²) in [5.74, 6) is 2.71. The highest BCUT2D eigenvalue weighted by molar-refractivity contribution is 8.14. The highest BCUT2D eigenvalue weighted by atomic mass is 32.2. The molecule has 2 N–H and O–H groups in total. The maximum absolute atomic E-state index is 12.7. The number of hydrogen-bond acceptors (Lipinski definition) is 5. The van der Waals surface area contributed by atoms with Crippen molar-refractivity contribution in [2.45, 2.75) is 162 Å². The van der Waals surface area contributed by atoms with E-state index in [4.69, 9.17) is 4.42 Å². The number of thioether (sulfide) groups is 1. The average molecular weight is 713 g/mol. The molecule has 0 bridgehead atoms. The van der Waals surface area contributed by atoms with Crippen LogP contribution in [0.2, 0.25) is 0 Å². The van der Waals surface area contributed by atoms with E-state index in [1.165, 1.54) is 79.0 Å². The summed E-state index contributed by atoms with van der Waals surface area (Å²) in [5, 5.41) is 5.71. The summed E-state index contributed by atoms with van der Waals surface area (Å²) >= 11 is 5.40. The van der Waals surface area contributed by atoms with Gasteiger partial charge in [-0.25, -0.2) is 0 Å². The van der Waals surface area contributed by atoms with Gasteiger partial charge in [0.25, 0.3) is 11.1 Å². The number of rotatable bonds is 7. The number of nitrogens with one attached hydrogen (secondary N) is 2. The molecule has 0 atom stereocenters. The van der Waals surface area contributed by atoms with Gasteiger partial charge in [-0.1, -0.05) is 126 Å². The Morgan fingerprint density at radius 1 is 0.939 bits per heavy atom. The van der Waals surface area contributed by atoms with Crippen molar-refractivity contribution in [3.8, 4) is 0 Å². The standard InChI is InChI=1S/C30H43NO2.C8H15NOS.C4H10S/c1-7-21-8-10-22(11-9-21)19-31-28(32)27-13-12-24(33-27)17-23-18-26-25(16-20(23)2)29(3,4)14-15-30(26,5)6;1-6(2)9-7(10)11-8(3,4)5;1-4(2,3)5/h12-13,16,18,21-22H,7-11,14-15,17,19H2,1-6H3,(H,31,32);1H2,2-5H3,(H,9,10);5H,1-3H3. The van der Waals surface area contributed by atoms with Crippen LogP contribution in [0.5, 0.6) is 0 Å². The van der Waals surface area contributed by atoms with E-state index in [1.54, 1.807) is 6.92 Å². The summed E-state index contributed by atoms with van der Waals surface area (Å²) < 4.78 is 6.17. The Balaban J connectivity index is 0.000000434. The lowest BCUT2D eigenvalue weighted by Gasteiger charge is -2.42. The van der Waals surface area contributed by atoms with Gasteiger partial charge in [-0.05, 0) is 96.6 Å². The molecule has 0 unspecified atom stereocenters. The molecule has 1 saturated carbocycles. The van der Waals surface area contributed by atoms with E-state index >= 15 is 0 Å². The normalized spacial score (nSPS) is 19.6. The summed E-state index contributed by atoms with van der Waals surface area (Å²) in [5.41, 5.74) is 6.68. The molecule has 0 saturated heterocycles. The van der Waals surface area contributed by atoms with Crippen molar-refractivity contribution in [2.75, 3.05) is 6.54 Å². The molecule has 0 radical (unpaired) electrons. The summed E-state index contributed by atoms with van der Waals surface area (Å²) in [4.78, 5) is 23.7. The van der Waals surface area contributed by atoms with Gasteiger partial charge >= 0.3 is 0 Å². The quantitative estimate of drug-likeness (QED) is 0.250. The molecular formula is C42H68N2O3S2. The van der Waals surface area contributed by atoms with Gasteiger partial charge in [0.1, 0.15) is 5.76 Å². The van der Waals surface area contributed by atoms with E-state index in [0.29, 0.717) is 17.4 Å².